The number of aromatic hydroxyl groups is 1. The fourth-order valence-electron chi connectivity index (χ4n) is 6.40. The van der Waals surface area contributed by atoms with Crippen LogP contribution < -0.4 is 10.2 Å². The maximum Gasteiger partial charge on any atom is 0.255 e. The molecule has 1 unspecified atom stereocenters. The lowest BCUT2D eigenvalue weighted by Crippen LogP contribution is -2.46. The first-order chi connectivity index (χ1) is 22.4. The minimum Gasteiger partial charge on any atom is -0.508 e. The van der Waals surface area contributed by atoms with E-state index in [4.69, 9.17) is 0 Å². The number of hydrogen-bond acceptors (Lipinski definition) is 7. The largest absolute Gasteiger partial charge is 0.508 e. The van der Waals surface area contributed by atoms with Crippen LogP contribution in [0.5, 0.6) is 5.75 Å². The fraction of sp³-hybridized carbons (Fsp3) is 0.361. The molecule has 2 aliphatic rings. The van der Waals surface area contributed by atoms with Gasteiger partial charge in [-0.05, 0) is 66.1 Å². The van der Waals surface area contributed by atoms with E-state index >= 15 is 0 Å². The van der Waals surface area contributed by atoms with Crippen molar-refractivity contribution in [2.45, 2.75) is 51.6 Å². The predicted octanol–water partition coefficient (Wildman–Crippen LogP) is 7.08. The van der Waals surface area contributed by atoms with Crippen LogP contribution in [0.25, 0.3) is 11.1 Å². The number of phenols is 1. The molecular formula is C36H40FN5O3S. The van der Waals surface area contributed by atoms with Gasteiger partial charge < -0.3 is 14.9 Å². The first-order valence-corrected chi connectivity index (χ1v) is 17.0. The molecule has 1 fully saturated rings. The van der Waals surface area contributed by atoms with Crippen LogP contribution in [-0.2, 0) is 11.3 Å². The molecule has 6 rings (SSSR count). The van der Waals surface area contributed by atoms with Crippen LogP contribution in [0.15, 0.2) is 72.2 Å². The Bertz CT molecular complexity index is 1650. The molecule has 1 aromatic heterocycles. The van der Waals surface area contributed by atoms with Crippen molar-refractivity contribution >= 4 is 34.0 Å². The third-order valence-electron chi connectivity index (χ3n) is 8.96. The van der Waals surface area contributed by atoms with Crippen LogP contribution in [0, 0.1) is 5.82 Å². The van der Waals surface area contributed by atoms with Crippen LogP contribution in [0.2, 0.25) is 0 Å². The van der Waals surface area contributed by atoms with Gasteiger partial charge in [-0.3, -0.25) is 19.8 Å². The minimum atomic E-state index is -1.26. The number of phenolic OH excluding ortho intramolecular Hbond substituents is 1. The molecule has 0 radical (unpaired) electrons. The number of nitrogens with one attached hydrogen (secondary N) is 1. The maximum atomic E-state index is 14.3. The van der Waals surface area contributed by atoms with Crippen molar-refractivity contribution in [1.82, 2.24) is 14.8 Å². The molecule has 1 saturated heterocycles. The summed E-state index contributed by atoms with van der Waals surface area (Å²) in [6, 6.07) is 16.3. The van der Waals surface area contributed by atoms with Gasteiger partial charge in [-0.15, -0.1) is 11.3 Å². The second-order valence-electron chi connectivity index (χ2n) is 12.0. The zero-order chi connectivity index (χ0) is 32.0. The molecule has 4 aromatic rings. The number of unbranched alkanes of at least 4 members (excludes halogenated alkanes) is 4. The van der Waals surface area contributed by atoms with Gasteiger partial charge in [-0.25, -0.2) is 9.37 Å². The number of anilines is 2. The van der Waals surface area contributed by atoms with Gasteiger partial charge >= 0.3 is 0 Å². The number of carbonyl (C=O) groups excluding carboxylic acids is 2. The van der Waals surface area contributed by atoms with Crippen LogP contribution >= 0.6 is 11.3 Å². The van der Waals surface area contributed by atoms with Gasteiger partial charge in [-0.1, -0.05) is 56.9 Å². The number of carbonyl (C=O) groups is 2. The molecule has 46 heavy (non-hydrogen) atoms. The van der Waals surface area contributed by atoms with E-state index in [1.54, 1.807) is 11.6 Å². The highest BCUT2D eigenvalue weighted by atomic mass is 32.1. The van der Waals surface area contributed by atoms with Crippen molar-refractivity contribution in [3.8, 4) is 16.9 Å². The van der Waals surface area contributed by atoms with Crippen LogP contribution in [-0.4, -0.2) is 64.4 Å². The molecule has 2 aliphatic heterocycles. The highest BCUT2D eigenvalue weighted by Gasteiger charge is 2.39. The average molecular weight is 642 g/mol. The Kier molecular flexibility index (Phi) is 9.94. The number of hydrogen-bond donors (Lipinski definition) is 2. The summed E-state index contributed by atoms with van der Waals surface area (Å²) in [6.07, 6.45) is 8.10. The Morgan fingerprint density at radius 3 is 2.48 bits per heavy atom. The van der Waals surface area contributed by atoms with Crippen LogP contribution in [0.1, 0.15) is 66.6 Å². The Morgan fingerprint density at radius 2 is 1.74 bits per heavy atom. The molecular weight excluding hydrogens is 601 g/mol. The van der Waals surface area contributed by atoms with E-state index in [0.717, 1.165) is 55.0 Å². The topological polar surface area (TPSA) is 89.0 Å². The Morgan fingerprint density at radius 1 is 0.978 bits per heavy atom. The van der Waals surface area contributed by atoms with E-state index in [9.17, 15) is 19.1 Å². The Balaban J connectivity index is 1.14. The third kappa shape index (κ3) is 7.08. The van der Waals surface area contributed by atoms with Gasteiger partial charge in [0.2, 0.25) is 0 Å². The molecule has 0 aliphatic carbocycles. The zero-order valence-electron chi connectivity index (χ0n) is 26.1. The second kappa shape index (κ2) is 14.4. The molecule has 3 aromatic carbocycles. The molecule has 8 nitrogen and oxygen atoms in total. The molecule has 2 amide bonds. The van der Waals surface area contributed by atoms with E-state index in [1.165, 1.54) is 66.6 Å². The number of nitrogens with zero attached hydrogens (tertiary/aromatic N) is 4. The van der Waals surface area contributed by atoms with E-state index in [0.29, 0.717) is 10.7 Å². The van der Waals surface area contributed by atoms with Crippen molar-refractivity contribution in [3.05, 3.63) is 94.7 Å². The molecule has 0 spiro atoms. The third-order valence-corrected chi connectivity index (χ3v) is 9.65. The quantitative estimate of drug-likeness (QED) is 0.161. The molecule has 2 N–H and O–H groups in total. The van der Waals surface area contributed by atoms with Crippen molar-refractivity contribution in [2.24, 2.45) is 0 Å². The predicted molar refractivity (Wildman–Crippen MR) is 181 cm³/mol. The normalized spacial score (nSPS) is 15.7. The number of benzene rings is 3. The lowest BCUT2D eigenvalue weighted by molar-refractivity contribution is -0.120. The fourth-order valence-corrected chi connectivity index (χ4v) is 6.93. The summed E-state index contributed by atoms with van der Waals surface area (Å²) in [5.74, 6) is -1.83. The SMILES string of the molecule is CCCCCCCN1CCN(c2ccc(-c3ccc4c(c3)C(=O)N(C(C(=O)Nc3nccs3)c3cc(F)ccc3O)C4)cc2)CC1. The van der Waals surface area contributed by atoms with Gasteiger partial charge in [0.1, 0.15) is 17.6 Å². The molecule has 0 saturated carbocycles. The molecule has 240 valence electrons. The van der Waals surface area contributed by atoms with Gasteiger partial charge in [-0.2, -0.15) is 0 Å². The zero-order valence-corrected chi connectivity index (χ0v) is 26.9. The van der Waals surface area contributed by atoms with Gasteiger partial charge in [0.15, 0.2) is 5.13 Å². The average Bonchev–Trinajstić information content (AvgIpc) is 3.70. The molecule has 0 bridgehead atoms. The summed E-state index contributed by atoms with van der Waals surface area (Å²) in [6.45, 7) is 7.76. The van der Waals surface area contributed by atoms with Crippen LogP contribution in [0.3, 0.4) is 0 Å². The van der Waals surface area contributed by atoms with Gasteiger partial charge in [0, 0.05) is 61.1 Å². The lowest BCUT2D eigenvalue weighted by atomic mass is 10.00. The van der Waals surface area contributed by atoms with Crippen molar-refractivity contribution in [2.75, 3.05) is 42.9 Å². The van der Waals surface area contributed by atoms with Crippen LogP contribution in [0.4, 0.5) is 15.2 Å². The summed E-state index contributed by atoms with van der Waals surface area (Å²) >= 11 is 1.23. The number of fused-ring (bicyclic) bond motifs is 1. The summed E-state index contributed by atoms with van der Waals surface area (Å²) < 4.78 is 14.3. The van der Waals surface area contributed by atoms with E-state index < -0.39 is 17.8 Å². The standard InChI is InChI=1S/C36H40FN5O3S/c1-2-3-4-5-6-16-40-17-19-41(20-18-40)29-12-9-25(10-13-29)26-7-8-27-24-42(35(45)30(27)22-26)33(31-23-28(37)11-14-32(31)43)34(44)39-36-38-15-21-46-36/h7-15,21-23,33,43H,2-6,16-20,24H2,1H3,(H,38,39,44). The monoisotopic (exact) mass is 641 g/mol. The molecule has 1 atom stereocenters. The minimum absolute atomic E-state index is 0.0128. The highest BCUT2D eigenvalue weighted by molar-refractivity contribution is 7.13. The van der Waals surface area contributed by atoms with E-state index in [2.05, 4.69) is 51.3 Å². The Hall–Kier alpha value is -4.28. The van der Waals surface area contributed by atoms with Crippen molar-refractivity contribution in [1.29, 1.82) is 0 Å². The first-order valence-electron chi connectivity index (χ1n) is 16.1. The van der Waals surface area contributed by atoms with E-state index in [1.807, 2.05) is 18.2 Å². The number of thiazole rings is 1. The summed E-state index contributed by atoms with van der Waals surface area (Å²) in [7, 11) is 0. The smallest absolute Gasteiger partial charge is 0.255 e. The first kappa shape index (κ1) is 31.7. The summed E-state index contributed by atoms with van der Waals surface area (Å²) in [5, 5.41) is 15.4. The van der Waals surface area contributed by atoms with Crippen molar-refractivity contribution < 1.29 is 19.1 Å². The summed E-state index contributed by atoms with van der Waals surface area (Å²) in [4.78, 5) is 37.9. The van der Waals surface area contributed by atoms with Gasteiger partial charge in [0.05, 0.1) is 0 Å². The van der Waals surface area contributed by atoms with E-state index in [-0.39, 0.29) is 23.8 Å². The number of aromatic nitrogens is 1. The highest BCUT2D eigenvalue weighted by Crippen LogP contribution is 2.38. The summed E-state index contributed by atoms with van der Waals surface area (Å²) in [5.41, 5.74) is 4.33. The number of rotatable bonds is 12. The van der Waals surface area contributed by atoms with Gasteiger partial charge in [0.25, 0.3) is 11.8 Å². The second-order valence-corrected chi connectivity index (χ2v) is 12.9. The number of halogens is 1. The lowest BCUT2D eigenvalue weighted by Gasteiger charge is -2.36. The maximum absolute atomic E-state index is 14.3. The van der Waals surface area contributed by atoms with Crippen molar-refractivity contribution in [3.63, 3.8) is 0 Å². The number of amides is 2. The molecule has 10 heteroatoms. The Labute approximate surface area is 273 Å². The molecule has 3 heterocycles. The number of piperazine rings is 1.